The summed E-state index contributed by atoms with van der Waals surface area (Å²) in [6.07, 6.45) is 8.22. The number of nitrogens with zero attached hydrogens (tertiary/aromatic N) is 4. The number of imidazole rings is 1. The Bertz CT molecular complexity index is 875. The van der Waals surface area contributed by atoms with Gasteiger partial charge in [0, 0.05) is 36.9 Å². The van der Waals surface area contributed by atoms with Gasteiger partial charge >= 0.3 is 0 Å². The molecule has 25 heavy (non-hydrogen) atoms. The molecule has 2 N–H and O–H groups in total. The van der Waals surface area contributed by atoms with Crippen LogP contribution < -0.4 is 5.32 Å². The lowest BCUT2D eigenvalue weighted by molar-refractivity contribution is 0.0436. The fourth-order valence-electron chi connectivity index (χ4n) is 3.70. The minimum atomic E-state index is -0.722. The van der Waals surface area contributed by atoms with Crippen LogP contribution in [0, 0.1) is 13.8 Å². The maximum Gasteiger partial charge on any atom is 0.142 e. The Kier molecular flexibility index (Phi) is 3.94. The van der Waals surface area contributed by atoms with E-state index in [0.717, 1.165) is 35.6 Å². The zero-order chi connectivity index (χ0) is 17.4. The van der Waals surface area contributed by atoms with Crippen LogP contribution in [0.25, 0.3) is 17.1 Å². The topological polar surface area (TPSA) is 67.9 Å². The van der Waals surface area contributed by atoms with Crippen molar-refractivity contribution in [3.8, 4) is 17.1 Å². The first-order valence-corrected chi connectivity index (χ1v) is 8.62. The van der Waals surface area contributed by atoms with Gasteiger partial charge in [0.05, 0.1) is 17.8 Å². The Morgan fingerprint density at radius 1 is 1.24 bits per heavy atom. The SMILES string of the molecule is Cc1cc(C)c(-n2cccn2)c(-c2nccn2CC2(O)CCNC2)c1. The van der Waals surface area contributed by atoms with Gasteiger partial charge in [0.1, 0.15) is 5.82 Å². The van der Waals surface area contributed by atoms with Crippen LogP contribution in [-0.4, -0.2) is 43.1 Å². The molecular weight excluding hydrogens is 314 g/mol. The van der Waals surface area contributed by atoms with Gasteiger partial charge in [-0.15, -0.1) is 0 Å². The first-order valence-electron chi connectivity index (χ1n) is 8.62. The maximum absolute atomic E-state index is 10.8. The lowest BCUT2D eigenvalue weighted by atomic mass is 10.0. The second-order valence-corrected chi connectivity index (χ2v) is 6.96. The van der Waals surface area contributed by atoms with E-state index in [2.05, 4.69) is 41.4 Å². The van der Waals surface area contributed by atoms with Crippen molar-refractivity contribution in [2.75, 3.05) is 13.1 Å². The zero-order valence-corrected chi connectivity index (χ0v) is 14.6. The van der Waals surface area contributed by atoms with E-state index < -0.39 is 5.60 Å². The molecule has 3 heterocycles. The normalized spacial score (nSPS) is 20.3. The number of hydrogen-bond donors (Lipinski definition) is 2. The first kappa shape index (κ1) is 16.1. The molecule has 0 saturated carbocycles. The minimum Gasteiger partial charge on any atom is -0.387 e. The molecule has 0 radical (unpaired) electrons. The number of aromatic nitrogens is 4. The van der Waals surface area contributed by atoms with Gasteiger partial charge in [-0.3, -0.25) is 0 Å². The van der Waals surface area contributed by atoms with Crippen molar-refractivity contribution in [3.05, 3.63) is 54.1 Å². The van der Waals surface area contributed by atoms with E-state index in [1.54, 1.807) is 12.4 Å². The summed E-state index contributed by atoms with van der Waals surface area (Å²) in [5.41, 5.74) is 3.66. The summed E-state index contributed by atoms with van der Waals surface area (Å²) in [7, 11) is 0. The van der Waals surface area contributed by atoms with E-state index in [9.17, 15) is 5.11 Å². The molecule has 1 fully saturated rings. The van der Waals surface area contributed by atoms with Gasteiger partial charge in [-0.05, 0) is 50.1 Å². The highest BCUT2D eigenvalue weighted by Crippen LogP contribution is 2.31. The van der Waals surface area contributed by atoms with Crippen LogP contribution >= 0.6 is 0 Å². The third kappa shape index (κ3) is 2.99. The number of benzene rings is 1. The smallest absolute Gasteiger partial charge is 0.142 e. The van der Waals surface area contributed by atoms with Crippen LogP contribution in [0.3, 0.4) is 0 Å². The fraction of sp³-hybridized carbons (Fsp3) is 0.368. The van der Waals surface area contributed by atoms with Crippen molar-refractivity contribution in [3.63, 3.8) is 0 Å². The van der Waals surface area contributed by atoms with Gasteiger partial charge in [-0.1, -0.05) is 6.07 Å². The largest absolute Gasteiger partial charge is 0.387 e. The van der Waals surface area contributed by atoms with Gasteiger partial charge in [0.15, 0.2) is 0 Å². The summed E-state index contributed by atoms with van der Waals surface area (Å²) >= 11 is 0. The summed E-state index contributed by atoms with van der Waals surface area (Å²) in [5.74, 6) is 0.859. The van der Waals surface area contributed by atoms with E-state index in [1.165, 1.54) is 5.56 Å². The number of β-amino-alcohol motifs (C(OH)–C–C–N with tert-alkyl or cyclic N) is 1. The molecule has 2 aromatic heterocycles. The van der Waals surface area contributed by atoms with Gasteiger partial charge < -0.3 is 15.0 Å². The Balaban J connectivity index is 1.82. The van der Waals surface area contributed by atoms with E-state index in [-0.39, 0.29) is 0 Å². The number of rotatable bonds is 4. The molecule has 1 aliphatic heterocycles. The van der Waals surface area contributed by atoms with Crippen molar-refractivity contribution in [1.82, 2.24) is 24.6 Å². The summed E-state index contributed by atoms with van der Waals surface area (Å²) in [6, 6.07) is 6.21. The molecule has 6 heteroatoms. The van der Waals surface area contributed by atoms with E-state index in [4.69, 9.17) is 0 Å². The number of aryl methyl sites for hydroxylation is 2. The highest BCUT2D eigenvalue weighted by atomic mass is 16.3. The molecule has 1 aromatic carbocycles. The fourth-order valence-corrected chi connectivity index (χ4v) is 3.70. The Morgan fingerprint density at radius 3 is 2.84 bits per heavy atom. The molecule has 1 saturated heterocycles. The van der Waals surface area contributed by atoms with Crippen LogP contribution in [0.1, 0.15) is 17.5 Å². The molecular formula is C19H23N5O. The zero-order valence-electron chi connectivity index (χ0n) is 14.6. The molecule has 0 aliphatic carbocycles. The van der Waals surface area contributed by atoms with Crippen molar-refractivity contribution in [2.24, 2.45) is 0 Å². The second-order valence-electron chi connectivity index (χ2n) is 6.96. The Morgan fingerprint density at radius 2 is 2.12 bits per heavy atom. The summed E-state index contributed by atoms with van der Waals surface area (Å²) in [5, 5.41) is 18.4. The quantitative estimate of drug-likeness (QED) is 0.765. The van der Waals surface area contributed by atoms with Crippen molar-refractivity contribution < 1.29 is 5.11 Å². The van der Waals surface area contributed by atoms with E-state index >= 15 is 0 Å². The Hall–Kier alpha value is -2.44. The highest BCUT2D eigenvalue weighted by molar-refractivity contribution is 5.71. The molecule has 6 nitrogen and oxygen atoms in total. The summed E-state index contributed by atoms with van der Waals surface area (Å²) < 4.78 is 3.93. The first-order chi connectivity index (χ1) is 12.1. The average Bonchev–Trinajstić information content (AvgIpc) is 3.29. The third-order valence-electron chi connectivity index (χ3n) is 4.82. The van der Waals surface area contributed by atoms with Gasteiger partial charge in [0.25, 0.3) is 0 Å². The molecule has 130 valence electrons. The maximum atomic E-state index is 10.8. The number of aliphatic hydroxyl groups is 1. The molecule has 1 atom stereocenters. The average molecular weight is 337 g/mol. The van der Waals surface area contributed by atoms with Crippen molar-refractivity contribution in [1.29, 1.82) is 0 Å². The molecule has 0 spiro atoms. The van der Waals surface area contributed by atoms with E-state index in [0.29, 0.717) is 13.1 Å². The summed E-state index contributed by atoms with van der Waals surface area (Å²) in [4.78, 5) is 4.60. The van der Waals surface area contributed by atoms with Crippen LogP contribution in [0.2, 0.25) is 0 Å². The minimum absolute atomic E-state index is 0.529. The van der Waals surface area contributed by atoms with Crippen molar-refractivity contribution >= 4 is 0 Å². The molecule has 0 bridgehead atoms. The monoisotopic (exact) mass is 337 g/mol. The second kappa shape index (κ2) is 6.13. The molecule has 0 amide bonds. The van der Waals surface area contributed by atoms with Crippen LogP contribution in [0.15, 0.2) is 43.0 Å². The predicted octanol–water partition coefficient (Wildman–Crippen LogP) is 2.08. The standard InChI is InChI=1S/C19H23N5O/c1-14-10-15(2)17(24-8-3-5-22-24)16(11-14)18-21-7-9-23(18)13-19(25)4-6-20-12-19/h3,5,7-11,20,25H,4,6,12-13H2,1-2H3. The van der Waals surface area contributed by atoms with Crippen LogP contribution in [0.5, 0.6) is 0 Å². The molecule has 4 rings (SSSR count). The lowest BCUT2D eigenvalue weighted by Gasteiger charge is -2.23. The van der Waals surface area contributed by atoms with Crippen LogP contribution in [0.4, 0.5) is 0 Å². The van der Waals surface area contributed by atoms with Gasteiger partial charge in [0.2, 0.25) is 0 Å². The third-order valence-corrected chi connectivity index (χ3v) is 4.82. The highest BCUT2D eigenvalue weighted by Gasteiger charge is 2.32. The predicted molar refractivity (Wildman–Crippen MR) is 96.7 cm³/mol. The van der Waals surface area contributed by atoms with Crippen molar-refractivity contribution in [2.45, 2.75) is 32.4 Å². The summed E-state index contributed by atoms with van der Waals surface area (Å²) in [6.45, 7) is 6.17. The number of nitrogens with one attached hydrogen (secondary N) is 1. The lowest BCUT2D eigenvalue weighted by Crippen LogP contribution is -2.36. The van der Waals surface area contributed by atoms with Crippen LogP contribution in [-0.2, 0) is 6.54 Å². The molecule has 1 aliphatic rings. The van der Waals surface area contributed by atoms with Gasteiger partial charge in [-0.25, -0.2) is 9.67 Å². The van der Waals surface area contributed by atoms with Gasteiger partial charge in [-0.2, -0.15) is 5.10 Å². The number of hydrogen-bond acceptors (Lipinski definition) is 4. The molecule has 1 unspecified atom stereocenters. The molecule has 3 aromatic rings. The van der Waals surface area contributed by atoms with E-state index in [1.807, 2.05) is 27.7 Å². The Labute approximate surface area is 147 Å².